The van der Waals surface area contributed by atoms with E-state index in [1.165, 1.54) is 0 Å². The van der Waals surface area contributed by atoms with Crippen LogP contribution >= 0.6 is 0 Å². The van der Waals surface area contributed by atoms with Crippen molar-refractivity contribution in [2.75, 3.05) is 0 Å². The first kappa shape index (κ1) is 43.6. The van der Waals surface area contributed by atoms with Gasteiger partial charge in [0, 0.05) is 62.4 Å². The zero-order valence-electron chi connectivity index (χ0n) is 42.1. The number of aromatic nitrogens is 5. The molecule has 0 N–H and O–H groups in total. The second kappa shape index (κ2) is 19.1. The van der Waals surface area contributed by atoms with E-state index in [0.29, 0.717) is 38.6 Å². The second-order valence-corrected chi connectivity index (χ2v) is 17.8. The number of nitrogens with zero attached hydrogens (tertiary/aromatic N) is 5. The maximum Gasteiger partial charge on any atom is 3.00 e. The Kier molecular flexibility index (Phi) is 11.1. The number of pyridine rings is 4. The van der Waals surface area contributed by atoms with E-state index >= 15 is 0 Å². The van der Waals surface area contributed by atoms with E-state index in [4.69, 9.17) is 9.97 Å². The van der Waals surface area contributed by atoms with Crippen LogP contribution in [0.4, 0.5) is 17.6 Å². The van der Waals surface area contributed by atoms with E-state index in [0.717, 1.165) is 90.9 Å². The molecule has 8 aromatic carbocycles. The Balaban J connectivity index is 0.00000609. The van der Waals surface area contributed by atoms with Crippen LogP contribution in [-0.2, 0) is 20.1 Å². The summed E-state index contributed by atoms with van der Waals surface area (Å²) in [6.45, 7) is -2.65. The molecule has 0 aliphatic heterocycles. The number of halogens is 4. The molecule has 10 heteroatoms. The molecule has 0 saturated carbocycles. The average molecular weight is 1160 g/mol. The van der Waals surface area contributed by atoms with Gasteiger partial charge in [0.25, 0.3) is 0 Å². The third kappa shape index (κ3) is 8.25. The minimum atomic E-state index is -2.65. The summed E-state index contributed by atoms with van der Waals surface area (Å²) in [6.07, 6.45) is 4.95. The molecule has 0 amide bonds. The molecule has 0 spiro atoms. The van der Waals surface area contributed by atoms with E-state index in [9.17, 15) is 21.7 Å². The Morgan fingerprint density at radius 2 is 0.960 bits per heavy atom. The van der Waals surface area contributed by atoms with Crippen molar-refractivity contribution in [3.63, 3.8) is 0 Å². The standard InChI is InChI=1S/C65H36F4N5.Ir/c1-38-55(37-72-64-54-18-8-10-20-61(54)74-62-21-11-9-19-60(62)73-65(74)63(38)64)51-17-7-6-16-50(51)43-31-41(48-14-4-2-12-46(48)39-22-28-58(70-35-39)52-26-24-44(66)33-56(52)68)30-42(32-43)49-15-5-3-13-47(49)40-23-29-59(71-36-40)53-27-25-45(67)34-57(53)69;/h2-17,19-25,28-37H,1H3;/q-3;+3/i1D3;. The van der Waals surface area contributed by atoms with Gasteiger partial charge >= 0.3 is 20.1 Å². The molecule has 0 atom stereocenters. The maximum absolute atomic E-state index is 14.9. The molecule has 0 aliphatic rings. The van der Waals surface area contributed by atoms with Crippen LogP contribution in [0.2, 0.25) is 0 Å². The van der Waals surface area contributed by atoms with E-state index in [-0.39, 0.29) is 48.2 Å². The molecule has 5 nitrogen and oxygen atoms in total. The quantitative estimate of drug-likeness (QED) is 0.0864. The molecule has 0 saturated heterocycles. The van der Waals surface area contributed by atoms with Crippen LogP contribution in [0, 0.1) is 48.3 Å². The summed E-state index contributed by atoms with van der Waals surface area (Å²) in [5, 5.41) is 1.06. The minimum absolute atomic E-state index is 0. The summed E-state index contributed by atoms with van der Waals surface area (Å²) >= 11 is 0. The van der Waals surface area contributed by atoms with Crippen LogP contribution in [0.15, 0.2) is 201 Å². The Labute approximate surface area is 446 Å². The van der Waals surface area contributed by atoms with Crippen molar-refractivity contribution in [3.8, 4) is 89.3 Å². The van der Waals surface area contributed by atoms with Gasteiger partial charge in [0.15, 0.2) is 0 Å². The van der Waals surface area contributed by atoms with Gasteiger partial charge < -0.3 is 19.4 Å². The number of imidazole rings is 1. The predicted molar refractivity (Wildman–Crippen MR) is 286 cm³/mol. The van der Waals surface area contributed by atoms with Crippen LogP contribution in [0.5, 0.6) is 0 Å². The fourth-order valence-electron chi connectivity index (χ4n) is 10.1. The largest absolute Gasteiger partial charge is 3.00 e. The van der Waals surface area contributed by atoms with Gasteiger partial charge in [-0.3, -0.25) is 17.6 Å². The van der Waals surface area contributed by atoms with Crippen molar-refractivity contribution < 1.29 is 41.8 Å². The van der Waals surface area contributed by atoms with Crippen molar-refractivity contribution >= 4 is 38.5 Å². The number of benzene rings is 8. The molecule has 0 radical (unpaired) electrons. The molecule has 75 heavy (non-hydrogen) atoms. The number of rotatable bonds is 8. The molecule has 5 aromatic heterocycles. The number of para-hydroxylation sites is 2. The van der Waals surface area contributed by atoms with Crippen LogP contribution < -0.4 is 0 Å². The van der Waals surface area contributed by atoms with E-state index < -0.39 is 30.1 Å². The zero-order valence-corrected chi connectivity index (χ0v) is 41.5. The van der Waals surface area contributed by atoms with Crippen LogP contribution in [0.3, 0.4) is 0 Å². The first-order valence-corrected chi connectivity index (χ1v) is 23.6. The van der Waals surface area contributed by atoms with E-state index in [2.05, 4.69) is 46.4 Å². The van der Waals surface area contributed by atoms with Gasteiger partial charge in [0.1, 0.15) is 5.65 Å². The monoisotopic (exact) mass is 1160 g/mol. The third-order valence-corrected chi connectivity index (χ3v) is 13.5. The van der Waals surface area contributed by atoms with Gasteiger partial charge in [-0.05, 0) is 121 Å². The van der Waals surface area contributed by atoms with Crippen LogP contribution in [-0.4, -0.2) is 24.3 Å². The number of hydrogen-bond donors (Lipinski definition) is 0. The normalized spacial score (nSPS) is 12.2. The van der Waals surface area contributed by atoms with Crippen molar-refractivity contribution in [2.45, 2.75) is 6.85 Å². The summed E-state index contributed by atoms with van der Waals surface area (Å²) in [7, 11) is 0. The molecular formula is C65H36F4IrN5. The van der Waals surface area contributed by atoms with Crippen molar-refractivity contribution in [2.24, 2.45) is 0 Å². The number of aryl methyl sites for hydroxylation is 1. The first-order chi connectivity index (χ1) is 37.5. The Morgan fingerprint density at radius 3 is 1.48 bits per heavy atom. The number of fused-ring (bicyclic) bond motifs is 8. The smallest absolute Gasteiger partial charge is 0.335 e. The minimum Gasteiger partial charge on any atom is -0.335 e. The summed E-state index contributed by atoms with van der Waals surface area (Å²) < 4.78 is 87.4. The maximum atomic E-state index is 14.9. The zero-order chi connectivity index (χ0) is 52.5. The summed E-state index contributed by atoms with van der Waals surface area (Å²) in [4.78, 5) is 19.4. The fraction of sp³-hybridized carbons (Fsp3) is 0.0154. The van der Waals surface area contributed by atoms with Gasteiger partial charge in [-0.2, -0.15) is 0 Å². The number of hydrogen-bond acceptors (Lipinski definition) is 4. The van der Waals surface area contributed by atoms with Gasteiger partial charge in [-0.1, -0.05) is 132 Å². The fourth-order valence-corrected chi connectivity index (χ4v) is 10.1. The summed E-state index contributed by atoms with van der Waals surface area (Å²) in [6, 6.07) is 62.5. The van der Waals surface area contributed by atoms with Crippen molar-refractivity contribution in [1.29, 1.82) is 0 Å². The molecule has 13 rings (SSSR count). The molecule has 5 heterocycles. The Morgan fingerprint density at radius 1 is 0.467 bits per heavy atom. The van der Waals surface area contributed by atoms with Gasteiger partial charge in [-0.15, -0.1) is 53.9 Å². The average Bonchev–Trinajstić information content (AvgIpc) is 3.99. The van der Waals surface area contributed by atoms with Crippen LogP contribution in [0.25, 0.3) is 128 Å². The molecule has 358 valence electrons. The first-order valence-electron chi connectivity index (χ1n) is 25.1. The molecule has 0 aliphatic carbocycles. The second-order valence-electron chi connectivity index (χ2n) is 17.8. The summed E-state index contributed by atoms with van der Waals surface area (Å²) in [5.74, 6) is -3.02. The van der Waals surface area contributed by atoms with Crippen molar-refractivity contribution in [3.05, 3.63) is 248 Å². The SMILES string of the molecule is [2H]C([2H])([2H])c1c(-c2ccccc2-c2cc(-c3ccccc3-c3ccc(-c4[c-]cc(F)cc4F)nc3)cc(-c3ccccc3-c3ccc(-c4[c-]cc(F)cc4F)nc3)c2)cnc2c3[c-]cccc3n3c4ccccc4nc3c12.[Ir+3]. The molecule has 0 fully saturated rings. The molecular weight excluding hydrogens is 1120 g/mol. The summed E-state index contributed by atoms with van der Waals surface area (Å²) in [5.41, 5.74) is 12.9. The Bertz CT molecular complexity index is 4350. The van der Waals surface area contributed by atoms with Gasteiger partial charge in [-0.25, -0.2) is 4.98 Å². The Hall–Kier alpha value is -8.95. The third-order valence-electron chi connectivity index (χ3n) is 13.5. The van der Waals surface area contributed by atoms with Crippen molar-refractivity contribution in [1.82, 2.24) is 24.3 Å². The van der Waals surface area contributed by atoms with E-state index in [1.807, 2.05) is 126 Å². The van der Waals surface area contributed by atoms with Gasteiger partial charge in [0.2, 0.25) is 0 Å². The van der Waals surface area contributed by atoms with Crippen LogP contribution in [0.1, 0.15) is 9.68 Å². The predicted octanol–water partition coefficient (Wildman–Crippen LogP) is 16.6. The van der Waals surface area contributed by atoms with E-state index in [1.54, 1.807) is 36.8 Å². The topological polar surface area (TPSA) is 56.0 Å². The molecule has 0 bridgehead atoms. The molecule has 13 aromatic rings. The van der Waals surface area contributed by atoms with Gasteiger partial charge in [0.05, 0.1) is 11.0 Å². The molecule has 0 unspecified atom stereocenters.